The molecule has 116 valence electrons. The zero-order chi connectivity index (χ0) is 15.8. The average molecular weight is 295 g/mol. The average Bonchev–Trinajstić information content (AvgIpc) is 2.46. The zero-order valence-corrected chi connectivity index (χ0v) is 12.5. The first-order valence-corrected chi connectivity index (χ1v) is 6.85. The second-order valence-corrected chi connectivity index (χ2v) is 4.36. The van der Waals surface area contributed by atoms with E-state index >= 15 is 0 Å². The van der Waals surface area contributed by atoms with Gasteiger partial charge in [0.1, 0.15) is 5.56 Å². The van der Waals surface area contributed by atoms with Crippen molar-refractivity contribution in [1.82, 2.24) is 0 Å². The molecule has 0 heterocycles. The van der Waals surface area contributed by atoms with Crippen LogP contribution in [-0.4, -0.2) is 31.8 Å². The third kappa shape index (κ3) is 4.37. The van der Waals surface area contributed by atoms with E-state index in [0.29, 0.717) is 18.5 Å². The number of ether oxygens (including phenoxy) is 3. The fourth-order valence-corrected chi connectivity index (χ4v) is 1.86. The van der Waals surface area contributed by atoms with Crippen molar-refractivity contribution in [1.29, 1.82) is 0 Å². The lowest BCUT2D eigenvalue weighted by Crippen LogP contribution is -2.29. The molecule has 0 bridgehead atoms. The molecule has 6 heteroatoms. The second kappa shape index (κ2) is 8.14. The van der Waals surface area contributed by atoms with E-state index in [1.165, 1.54) is 13.2 Å². The van der Waals surface area contributed by atoms with Gasteiger partial charge in [-0.3, -0.25) is 0 Å². The molecule has 1 aromatic carbocycles. The Balaban J connectivity index is 2.92. The van der Waals surface area contributed by atoms with Crippen molar-refractivity contribution in [3.05, 3.63) is 23.8 Å². The fourth-order valence-electron chi connectivity index (χ4n) is 1.86. The standard InChI is InChI=1S/C15H21NO5/c1-4-7-12(15(18)20-5-2)21-14(17)10-8-6-9-11(16)13(10)19-3/h6,8-9,12H,4-5,7,16H2,1-3H3. The van der Waals surface area contributed by atoms with Gasteiger partial charge in [0.2, 0.25) is 0 Å². The van der Waals surface area contributed by atoms with E-state index < -0.39 is 18.0 Å². The Labute approximate surface area is 124 Å². The van der Waals surface area contributed by atoms with Gasteiger partial charge in [-0.25, -0.2) is 9.59 Å². The van der Waals surface area contributed by atoms with Crippen LogP contribution in [0, 0.1) is 0 Å². The molecule has 1 aromatic rings. The van der Waals surface area contributed by atoms with Crippen LogP contribution >= 0.6 is 0 Å². The van der Waals surface area contributed by atoms with Gasteiger partial charge in [0, 0.05) is 0 Å². The molecule has 2 N–H and O–H groups in total. The maximum Gasteiger partial charge on any atom is 0.347 e. The van der Waals surface area contributed by atoms with Gasteiger partial charge >= 0.3 is 11.9 Å². The molecule has 21 heavy (non-hydrogen) atoms. The molecule has 0 aliphatic rings. The minimum Gasteiger partial charge on any atom is -0.494 e. The molecule has 1 rings (SSSR count). The van der Waals surface area contributed by atoms with Gasteiger partial charge in [-0.05, 0) is 25.5 Å². The number of nitrogens with two attached hydrogens (primary N) is 1. The van der Waals surface area contributed by atoms with Crippen LogP contribution in [0.15, 0.2) is 18.2 Å². The summed E-state index contributed by atoms with van der Waals surface area (Å²) in [6, 6.07) is 4.77. The predicted molar refractivity (Wildman–Crippen MR) is 78.2 cm³/mol. The summed E-state index contributed by atoms with van der Waals surface area (Å²) in [7, 11) is 1.41. The number of para-hydroxylation sites is 1. The van der Waals surface area contributed by atoms with Gasteiger partial charge in [-0.2, -0.15) is 0 Å². The number of hydrogen-bond acceptors (Lipinski definition) is 6. The first kappa shape index (κ1) is 16.8. The van der Waals surface area contributed by atoms with Crippen LogP contribution in [0.25, 0.3) is 0 Å². The summed E-state index contributed by atoms with van der Waals surface area (Å²) in [6.07, 6.45) is 0.161. The van der Waals surface area contributed by atoms with Gasteiger partial charge in [-0.1, -0.05) is 19.4 Å². The Morgan fingerprint density at radius 3 is 2.57 bits per heavy atom. The topological polar surface area (TPSA) is 87.9 Å². The number of benzene rings is 1. The van der Waals surface area contributed by atoms with Gasteiger partial charge in [-0.15, -0.1) is 0 Å². The van der Waals surface area contributed by atoms with Crippen molar-refractivity contribution in [2.75, 3.05) is 19.5 Å². The zero-order valence-electron chi connectivity index (χ0n) is 12.5. The fraction of sp³-hybridized carbons (Fsp3) is 0.467. The first-order valence-electron chi connectivity index (χ1n) is 6.85. The maximum atomic E-state index is 12.2. The van der Waals surface area contributed by atoms with Crippen molar-refractivity contribution in [3.63, 3.8) is 0 Å². The Bertz CT molecular complexity index is 501. The molecule has 0 aliphatic carbocycles. The molecule has 0 amide bonds. The Kier molecular flexibility index (Phi) is 6.52. The molecular formula is C15H21NO5. The van der Waals surface area contributed by atoms with Gasteiger partial charge < -0.3 is 19.9 Å². The van der Waals surface area contributed by atoms with Gasteiger partial charge in [0.25, 0.3) is 0 Å². The third-order valence-corrected chi connectivity index (χ3v) is 2.82. The quantitative estimate of drug-likeness (QED) is 0.612. The van der Waals surface area contributed by atoms with E-state index in [4.69, 9.17) is 19.9 Å². The molecule has 1 unspecified atom stereocenters. The van der Waals surface area contributed by atoms with Crippen LogP contribution in [0.2, 0.25) is 0 Å². The molecule has 0 aliphatic heterocycles. The van der Waals surface area contributed by atoms with E-state index in [1.54, 1.807) is 19.1 Å². The molecule has 1 atom stereocenters. The summed E-state index contributed by atoms with van der Waals surface area (Å²) in [5.41, 5.74) is 6.25. The monoisotopic (exact) mass is 295 g/mol. The van der Waals surface area contributed by atoms with Crippen molar-refractivity contribution in [2.45, 2.75) is 32.8 Å². The molecule has 0 fully saturated rings. The number of carbonyl (C=O) groups excluding carboxylic acids is 2. The number of methoxy groups -OCH3 is 1. The van der Waals surface area contributed by atoms with Crippen molar-refractivity contribution < 1.29 is 23.8 Å². The number of carbonyl (C=O) groups is 2. The highest BCUT2D eigenvalue weighted by Crippen LogP contribution is 2.27. The molecule has 6 nitrogen and oxygen atoms in total. The summed E-state index contributed by atoms with van der Waals surface area (Å²) in [4.78, 5) is 24.0. The minimum absolute atomic E-state index is 0.183. The highest BCUT2D eigenvalue weighted by molar-refractivity contribution is 5.96. The Morgan fingerprint density at radius 2 is 2.00 bits per heavy atom. The van der Waals surface area contributed by atoms with Crippen molar-refractivity contribution in [2.24, 2.45) is 0 Å². The van der Waals surface area contributed by atoms with Crippen LogP contribution in [0.3, 0.4) is 0 Å². The molecule has 0 spiro atoms. The number of hydrogen-bond donors (Lipinski definition) is 1. The van der Waals surface area contributed by atoms with E-state index in [9.17, 15) is 9.59 Å². The first-order chi connectivity index (χ1) is 10.0. The molecule has 0 saturated heterocycles. The van der Waals surface area contributed by atoms with Crippen LogP contribution in [0.4, 0.5) is 5.69 Å². The smallest absolute Gasteiger partial charge is 0.347 e. The highest BCUT2D eigenvalue weighted by Gasteiger charge is 2.26. The minimum atomic E-state index is -0.923. The van der Waals surface area contributed by atoms with E-state index in [1.807, 2.05) is 6.92 Å². The molecular weight excluding hydrogens is 274 g/mol. The van der Waals surface area contributed by atoms with E-state index in [2.05, 4.69) is 0 Å². The number of anilines is 1. The molecule has 0 saturated carbocycles. The lowest BCUT2D eigenvalue weighted by atomic mass is 10.1. The molecule has 0 radical (unpaired) electrons. The second-order valence-electron chi connectivity index (χ2n) is 4.36. The predicted octanol–water partition coefficient (Wildman–Crippen LogP) is 2.17. The largest absolute Gasteiger partial charge is 0.494 e. The number of nitrogen functional groups attached to an aromatic ring is 1. The highest BCUT2D eigenvalue weighted by atomic mass is 16.6. The third-order valence-electron chi connectivity index (χ3n) is 2.82. The molecule has 0 aromatic heterocycles. The number of esters is 2. The summed E-state index contributed by atoms with van der Waals surface area (Å²) in [6.45, 7) is 3.82. The number of rotatable bonds is 7. The van der Waals surface area contributed by atoms with Crippen molar-refractivity contribution in [3.8, 4) is 5.75 Å². The van der Waals surface area contributed by atoms with E-state index in [-0.39, 0.29) is 17.9 Å². The summed E-state index contributed by atoms with van der Waals surface area (Å²) < 4.78 is 15.2. The summed E-state index contributed by atoms with van der Waals surface area (Å²) in [5.74, 6) is -0.970. The van der Waals surface area contributed by atoms with E-state index in [0.717, 1.165) is 0 Å². The SMILES string of the molecule is CCCC(OC(=O)c1cccc(N)c1OC)C(=O)OCC. The van der Waals surface area contributed by atoms with Crippen molar-refractivity contribution >= 4 is 17.6 Å². The lowest BCUT2D eigenvalue weighted by molar-refractivity contribution is -0.153. The Hall–Kier alpha value is -2.24. The maximum absolute atomic E-state index is 12.2. The lowest BCUT2D eigenvalue weighted by Gasteiger charge is -2.17. The van der Waals surface area contributed by atoms with Crippen LogP contribution in [0.5, 0.6) is 5.75 Å². The van der Waals surface area contributed by atoms with Crippen LogP contribution < -0.4 is 10.5 Å². The summed E-state index contributed by atoms with van der Waals surface area (Å²) >= 11 is 0. The Morgan fingerprint density at radius 1 is 1.29 bits per heavy atom. The normalized spacial score (nSPS) is 11.6. The summed E-state index contributed by atoms with van der Waals surface area (Å²) in [5, 5.41) is 0. The van der Waals surface area contributed by atoms with Gasteiger partial charge in [0.15, 0.2) is 11.9 Å². The van der Waals surface area contributed by atoms with Gasteiger partial charge in [0.05, 0.1) is 19.4 Å². The van der Waals surface area contributed by atoms with Crippen LogP contribution in [-0.2, 0) is 14.3 Å². The van der Waals surface area contributed by atoms with Crippen LogP contribution in [0.1, 0.15) is 37.0 Å².